The van der Waals surface area contributed by atoms with Crippen LogP contribution in [0.2, 0.25) is 5.02 Å². The molecule has 6 heteroatoms. The first-order chi connectivity index (χ1) is 6.93. The zero-order valence-corrected chi connectivity index (χ0v) is 9.56. The average molecular weight is 248 g/mol. The van der Waals surface area contributed by atoms with Crippen molar-refractivity contribution in [1.82, 2.24) is 0 Å². The molecule has 0 heterocycles. The van der Waals surface area contributed by atoms with Crippen LogP contribution in [0.1, 0.15) is 15.9 Å². The third-order valence-corrected chi connectivity index (χ3v) is 2.90. The summed E-state index contributed by atoms with van der Waals surface area (Å²) in [5, 5.41) is 9.14. The van der Waals surface area contributed by atoms with E-state index < -0.39 is 16.8 Å². The normalized spacial score (nSPS) is 12.4. The molecule has 1 aromatic carbocycles. The van der Waals surface area contributed by atoms with Crippen LogP contribution in [0.3, 0.4) is 0 Å². The summed E-state index contributed by atoms with van der Waals surface area (Å²) in [6, 6.07) is 3.04. The van der Waals surface area contributed by atoms with Crippen molar-refractivity contribution in [1.29, 1.82) is 0 Å². The number of carboxylic acids is 1. The third-order valence-electron chi connectivity index (χ3n) is 1.85. The van der Waals surface area contributed by atoms with Crippen molar-refractivity contribution in [3.63, 3.8) is 0 Å². The molecule has 0 saturated carbocycles. The fourth-order valence-corrected chi connectivity index (χ4v) is 2.07. The van der Waals surface area contributed by atoms with E-state index in [0.717, 1.165) is 0 Å². The molecule has 0 bridgehead atoms. The summed E-state index contributed by atoms with van der Waals surface area (Å²) in [5.41, 5.74) is 5.95. The van der Waals surface area contributed by atoms with Crippen LogP contribution in [0.15, 0.2) is 12.1 Å². The second-order valence-corrected chi connectivity index (χ2v) is 4.86. The van der Waals surface area contributed by atoms with Gasteiger partial charge >= 0.3 is 5.97 Å². The Balaban J connectivity index is 3.33. The van der Waals surface area contributed by atoms with E-state index in [9.17, 15) is 9.00 Å². The zero-order valence-electron chi connectivity index (χ0n) is 7.99. The first-order valence-electron chi connectivity index (χ1n) is 4.03. The highest BCUT2D eigenvalue weighted by Gasteiger charge is 2.16. The van der Waals surface area contributed by atoms with Crippen molar-refractivity contribution in [2.45, 2.75) is 5.75 Å². The molecule has 0 spiro atoms. The third kappa shape index (κ3) is 2.70. The maximum absolute atomic E-state index is 11.0. The van der Waals surface area contributed by atoms with Gasteiger partial charge in [-0.1, -0.05) is 17.7 Å². The lowest BCUT2D eigenvalue weighted by Crippen LogP contribution is -2.09. The molecular formula is C9H10ClNO3S. The molecule has 4 nitrogen and oxygen atoms in total. The van der Waals surface area contributed by atoms with Crippen molar-refractivity contribution in [2.75, 3.05) is 12.0 Å². The topological polar surface area (TPSA) is 80.4 Å². The number of carboxylic acid groups (broad SMARTS) is 1. The molecular weight excluding hydrogens is 238 g/mol. The van der Waals surface area contributed by atoms with Gasteiger partial charge in [-0.05, 0) is 11.6 Å². The molecule has 0 saturated heterocycles. The Kier molecular flexibility index (Phi) is 3.71. The number of hydrogen-bond acceptors (Lipinski definition) is 3. The quantitative estimate of drug-likeness (QED) is 0.794. The van der Waals surface area contributed by atoms with Gasteiger partial charge in [-0.3, -0.25) is 4.21 Å². The Bertz CT molecular complexity index is 434. The Morgan fingerprint density at radius 1 is 1.60 bits per heavy atom. The Labute approximate surface area is 94.5 Å². The fraction of sp³-hybridized carbons (Fsp3) is 0.222. The van der Waals surface area contributed by atoms with E-state index >= 15 is 0 Å². The Morgan fingerprint density at radius 2 is 2.20 bits per heavy atom. The largest absolute Gasteiger partial charge is 0.478 e. The van der Waals surface area contributed by atoms with Crippen LogP contribution in [-0.4, -0.2) is 21.5 Å². The van der Waals surface area contributed by atoms with Gasteiger partial charge in [0.2, 0.25) is 0 Å². The zero-order chi connectivity index (χ0) is 11.6. The molecule has 3 N–H and O–H groups in total. The second-order valence-electron chi connectivity index (χ2n) is 3.02. The molecule has 0 aliphatic rings. The van der Waals surface area contributed by atoms with E-state index in [1.807, 2.05) is 0 Å². The van der Waals surface area contributed by atoms with Gasteiger partial charge in [-0.15, -0.1) is 0 Å². The van der Waals surface area contributed by atoms with E-state index in [2.05, 4.69) is 0 Å². The molecule has 0 aliphatic carbocycles. The highest BCUT2D eigenvalue weighted by atomic mass is 35.5. The maximum Gasteiger partial charge on any atom is 0.338 e. The second kappa shape index (κ2) is 4.63. The van der Waals surface area contributed by atoms with Gasteiger partial charge in [0.15, 0.2) is 0 Å². The van der Waals surface area contributed by atoms with E-state index in [0.29, 0.717) is 5.56 Å². The smallest absolute Gasteiger partial charge is 0.338 e. The number of benzene rings is 1. The Hall–Kier alpha value is -1.07. The number of nitrogens with two attached hydrogens (primary N) is 1. The summed E-state index contributed by atoms with van der Waals surface area (Å²) in [4.78, 5) is 10.9. The van der Waals surface area contributed by atoms with Crippen molar-refractivity contribution in [2.24, 2.45) is 0 Å². The first kappa shape index (κ1) is 12.0. The minimum absolute atomic E-state index is 0.0205. The van der Waals surface area contributed by atoms with Crippen molar-refractivity contribution < 1.29 is 14.1 Å². The number of carbonyl (C=O) groups is 1. The van der Waals surface area contributed by atoms with Gasteiger partial charge < -0.3 is 10.8 Å². The SMILES string of the molecule is CS(=O)Cc1ccc(Cl)c(N)c1C(=O)O. The minimum atomic E-state index is -1.16. The molecule has 0 fully saturated rings. The van der Waals surface area contributed by atoms with E-state index in [1.54, 1.807) is 0 Å². The van der Waals surface area contributed by atoms with Crippen LogP contribution in [-0.2, 0) is 16.6 Å². The van der Waals surface area contributed by atoms with Crippen LogP contribution < -0.4 is 5.73 Å². The van der Waals surface area contributed by atoms with Crippen LogP contribution in [0, 0.1) is 0 Å². The molecule has 0 amide bonds. The number of rotatable bonds is 3. The standard InChI is InChI=1S/C9H10ClNO3S/c1-15(14)4-5-2-3-6(10)8(11)7(5)9(12)13/h2-3H,4,11H2,1H3,(H,12,13). The van der Waals surface area contributed by atoms with E-state index in [4.69, 9.17) is 22.4 Å². The lowest BCUT2D eigenvalue weighted by atomic mass is 10.1. The van der Waals surface area contributed by atoms with Gasteiger partial charge in [0.05, 0.1) is 16.3 Å². The molecule has 82 valence electrons. The molecule has 0 radical (unpaired) electrons. The lowest BCUT2D eigenvalue weighted by molar-refractivity contribution is 0.0697. The number of hydrogen-bond donors (Lipinski definition) is 2. The van der Waals surface area contributed by atoms with Crippen LogP contribution in [0.4, 0.5) is 5.69 Å². The highest BCUT2D eigenvalue weighted by Crippen LogP contribution is 2.26. The monoisotopic (exact) mass is 247 g/mol. The molecule has 0 aromatic heterocycles. The van der Waals surface area contributed by atoms with Crippen LogP contribution >= 0.6 is 11.6 Å². The predicted octanol–water partition coefficient (Wildman–Crippen LogP) is 1.50. The summed E-state index contributed by atoms with van der Waals surface area (Å²) >= 11 is 5.70. The van der Waals surface area contributed by atoms with Crippen molar-refractivity contribution in [3.05, 3.63) is 28.3 Å². The summed E-state index contributed by atoms with van der Waals surface area (Å²) in [6.07, 6.45) is 1.50. The van der Waals surface area contributed by atoms with Crippen molar-refractivity contribution in [3.8, 4) is 0 Å². The van der Waals surface area contributed by atoms with Crippen LogP contribution in [0.25, 0.3) is 0 Å². The number of aromatic carboxylic acids is 1. The maximum atomic E-state index is 11.0. The number of anilines is 1. The predicted molar refractivity (Wildman–Crippen MR) is 60.6 cm³/mol. The number of nitrogen functional groups attached to an aromatic ring is 1. The van der Waals surface area contributed by atoms with Crippen molar-refractivity contribution >= 4 is 34.1 Å². The molecule has 1 atom stereocenters. The Morgan fingerprint density at radius 3 is 2.67 bits per heavy atom. The van der Waals surface area contributed by atoms with E-state index in [1.165, 1.54) is 18.4 Å². The molecule has 1 aromatic rings. The number of halogens is 1. The van der Waals surface area contributed by atoms with Gasteiger partial charge in [0.1, 0.15) is 0 Å². The molecule has 15 heavy (non-hydrogen) atoms. The average Bonchev–Trinajstić information content (AvgIpc) is 2.10. The molecule has 1 unspecified atom stereocenters. The van der Waals surface area contributed by atoms with Gasteiger partial charge in [-0.25, -0.2) is 4.79 Å². The lowest BCUT2D eigenvalue weighted by Gasteiger charge is -2.08. The molecule has 0 aliphatic heterocycles. The fourth-order valence-electron chi connectivity index (χ4n) is 1.23. The summed E-state index contributed by atoms with van der Waals surface area (Å²) in [6.45, 7) is 0. The van der Waals surface area contributed by atoms with Crippen LogP contribution in [0.5, 0.6) is 0 Å². The summed E-state index contributed by atoms with van der Waals surface area (Å²) in [7, 11) is -1.12. The minimum Gasteiger partial charge on any atom is -0.478 e. The summed E-state index contributed by atoms with van der Waals surface area (Å²) in [5.74, 6) is -1.00. The van der Waals surface area contributed by atoms with Gasteiger partial charge in [0, 0.05) is 22.8 Å². The summed E-state index contributed by atoms with van der Waals surface area (Å²) < 4.78 is 11.0. The van der Waals surface area contributed by atoms with Gasteiger partial charge in [0.25, 0.3) is 0 Å². The van der Waals surface area contributed by atoms with Gasteiger partial charge in [-0.2, -0.15) is 0 Å². The first-order valence-corrected chi connectivity index (χ1v) is 6.14. The highest BCUT2D eigenvalue weighted by molar-refractivity contribution is 7.83. The molecule has 1 rings (SSSR count). The van der Waals surface area contributed by atoms with E-state index in [-0.39, 0.29) is 22.0 Å².